The zero-order valence-electron chi connectivity index (χ0n) is 21.8. The highest BCUT2D eigenvalue weighted by molar-refractivity contribution is 7.90. The van der Waals surface area contributed by atoms with E-state index in [1.165, 1.54) is 43.6 Å². The minimum atomic E-state index is -4.40. The number of hydrogen-bond acceptors (Lipinski definition) is 8. The van der Waals surface area contributed by atoms with Gasteiger partial charge in [0.25, 0.3) is 0 Å². The predicted molar refractivity (Wildman–Crippen MR) is 141 cm³/mol. The zero-order valence-corrected chi connectivity index (χ0v) is 22.6. The summed E-state index contributed by atoms with van der Waals surface area (Å²) in [5.74, 6) is -0.0440. The van der Waals surface area contributed by atoms with Crippen LogP contribution in [-0.4, -0.2) is 53.3 Å². The van der Waals surface area contributed by atoms with E-state index in [9.17, 15) is 31.5 Å². The molecule has 2 aromatic carbocycles. The number of rotatable bonds is 6. The molecule has 3 aromatic rings. The highest BCUT2D eigenvalue weighted by atomic mass is 32.2. The van der Waals surface area contributed by atoms with Crippen LogP contribution < -0.4 is 10.2 Å². The third kappa shape index (κ3) is 5.54. The fourth-order valence-corrected chi connectivity index (χ4v) is 5.99. The first-order valence-electron chi connectivity index (χ1n) is 12.7. The molecule has 1 aromatic heterocycles. The molecule has 0 aliphatic carbocycles. The molecule has 3 heterocycles. The Kier molecular flexibility index (Phi) is 7.31. The van der Waals surface area contributed by atoms with Crippen molar-refractivity contribution in [2.45, 2.75) is 55.7 Å². The fraction of sp³-hybridized carbons (Fsp3) is 0.370. The van der Waals surface area contributed by atoms with Crippen molar-refractivity contribution >= 4 is 27.4 Å². The van der Waals surface area contributed by atoms with Crippen molar-refractivity contribution < 1.29 is 31.5 Å². The number of aliphatic hydroxyl groups is 1. The number of aromatic nitrogens is 2. The van der Waals surface area contributed by atoms with Crippen molar-refractivity contribution in [2.75, 3.05) is 23.0 Å². The number of fused-ring (bicyclic) bond motifs is 1. The molecule has 5 rings (SSSR count). The molecule has 2 aliphatic heterocycles. The number of nitrogens with zero attached hydrogens (tertiary/aromatic N) is 4. The molecule has 0 radical (unpaired) electrons. The molecule has 1 saturated heterocycles. The van der Waals surface area contributed by atoms with Crippen LogP contribution in [-0.2, 0) is 27.4 Å². The van der Waals surface area contributed by atoms with E-state index >= 15 is 0 Å². The molecule has 0 saturated carbocycles. The van der Waals surface area contributed by atoms with Crippen LogP contribution in [0, 0.1) is 0 Å². The van der Waals surface area contributed by atoms with Crippen LogP contribution in [0.2, 0.25) is 0 Å². The SMILES string of the molecule is CC(O)N1Cc2cc(S(C)(=O)=O)ccc2[C@@H]1C(=O)Nc1cnc(N2CCCC2c2ccc(C(F)(F)F)cc2)nc1. The molecule has 2 unspecified atom stereocenters. The second kappa shape index (κ2) is 10.5. The number of carbonyl (C=O) groups is 1. The van der Waals surface area contributed by atoms with Crippen LogP contribution in [0.5, 0.6) is 0 Å². The van der Waals surface area contributed by atoms with E-state index in [-0.39, 0.29) is 17.5 Å². The lowest BCUT2D eigenvalue weighted by Gasteiger charge is -2.27. The van der Waals surface area contributed by atoms with Crippen molar-refractivity contribution in [2.24, 2.45) is 0 Å². The van der Waals surface area contributed by atoms with Gasteiger partial charge in [-0.05, 0) is 60.7 Å². The molecule has 2 N–H and O–H groups in total. The molecule has 13 heteroatoms. The quantitative estimate of drug-likeness (QED) is 0.452. The van der Waals surface area contributed by atoms with Crippen LogP contribution in [0.3, 0.4) is 0 Å². The normalized spacial score (nSPS) is 20.4. The number of hydrogen-bond donors (Lipinski definition) is 2. The van der Waals surface area contributed by atoms with Gasteiger partial charge in [0.2, 0.25) is 11.9 Å². The summed E-state index contributed by atoms with van der Waals surface area (Å²) in [6.45, 7) is 2.37. The average Bonchev–Trinajstić information content (AvgIpc) is 3.53. The van der Waals surface area contributed by atoms with E-state index in [1.807, 2.05) is 4.90 Å². The first-order chi connectivity index (χ1) is 18.8. The average molecular weight is 576 g/mol. The standard InChI is InChI=1S/C27H28F3N5O4S/c1-16(36)35-15-18-12-21(40(2,38)39)9-10-22(18)24(35)25(37)33-20-13-31-26(32-14-20)34-11-3-4-23(34)17-5-7-19(8-6-17)27(28,29)30/h5-10,12-14,16,23-24,36H,3-4,11,15H2,1-2H3,(H,33,37)/t16?,23?,24-/m1/s1. The number of halogens is 3. The van der Waals surface area contributed by atoms with Crippen molar-refractivity contribution in [3.8, 4) is 0 Å². The maximum absolute atomic E-state index is 13.3. The lowest BCUT2D eigenvalue weighted by molar-refractivity contribution is -0.137. The number of anilines is 2. The second-order valence-corrected chi connectivity index (χ2v) is 12.1. The van der Waals surface area contributed by atoms with Gasteiger partial charge < -0.3 is 15.3 Å². The Morgan fingerprint density at radius 2 is 1.80 bits per heavy atom. The molecule has 40 heavy (non-hydrogen) atoms. The highest BCUT2D eigenvalue weighted by Crippen LogP contribution is 2.38. The summed E-state index contributed by atoms with van der Waals surface area (Å²) >= 11 is 0. The van der Waals surface area contributed by atoms with E-state index in [0.29, 0.717) is 29.3 Å². The number of alkyl halides is 3. The summed E-state index contributed by atoms with van der Waals surface area (Å²) in [7, 11) is -3.44. The summed E-state index contributed by atoms with van der Waals surface area (Å²) in [4.78, 5) is 25.7. The number of amides is 1. The van der Waals surface area contributed by atoms with Gasteiger partial charge in [0.1, 0.15) is 12.3 Å². The Labute approximate surface area is 229 Å². The number of benzene rings is 2. The first-order valence-corrected chi connectivity index (χ1v) is 14.6. The van der Waals surface area contributed by atoms with Gasteiger partial charge in [-0.1, -0.05) is 18.2 Å². The molecule has 212 valence electrons. The maximum atomic E-state index is 13.3. The third-order valence-corrected chi connectivity index (χ3v) is 8.40. The molecule has 0 spiro atoms. The maximum Gasteiger partial charge on any atom is 0.416 e. The van der Waals surface area contributed by atoms with Crippen LogP contribution in [0.1, 0.15) is 54.1 Å². The van der Waals surface area contributed by atoms with E-state index in [1.54, 1.807) is 11.0 Å². The van der Waals surface area contributed by atoms with Crippen molar-refractivity contribution in [3.05, 3.63) is 77.1 Å². The number of carbonyl (C=O) groups excluding carboxylic acids is 1. The Balaban J connectivity index is 1.32. The van der Waals surface area contributed by atoms with Crippen LogP contribution in [0.25, 0.3) is 0 Å². The van der Waals surface area contributed by atoms with Gasteiger partial charge in [0, 0.05) is 19.3 Å². The summed E-state index contributed by atoms with van der Waals surface area (Å²) in [5, 5.41) is 13.1. The predicted octanol–water partition coefficient (Wildman–Crippen LogP) is 4.07. The largest absolute Gasteiger partial charge is 0.416 e. The van der Waals surface area contributed by atoms with Crippen molar-refractivity contribution in [1.29, 1.82) is 0 Å². The lowest BCUT2D eigenvalue weighted by Crippen LogP contribution is -2.38. The Morgan fingerprint density at radius 3 is 2.40 bits per heavy atom. The molecule has 3 atom stereocenters. The number of aliphatic hydroxyl groups excluding tert-OH is 1. The number of sulfone groups is 1. The van der Waals surface area contributed by atoms with Gasteiger partial charge in [-0.25, -0.2) is 18.4 Å². The summed E-state index contributed by atoms with van der Waals surface area (Å²) in [6, 6.07) is 8.64. The van der Waals surface area contributed by atoms with E-state index in [2.05, 4.69) is 15.3 Å². The van der Waals surface area contributed by atoms with Crippen molar-refractivity contribution in [3.63, 3.8) is 0 Å². The Bertz CT molecular complexity index is 1510. The highest BCUT2D eigenvalue weighted by Gasteiger charge is 2.38. The van der Waals surface area contributed by atoms with Gasteiger partial charge >= 0.3 is 6.18 Å². The van der Waals surface area contributed by atoms with Crippen LogP contribution in [0.15, 0.2) is 59.8 Å². The van der Waals surface area contributed by atoms with E-state index < -0.39 is 39.8 Å². The zero-order chi connectivity index (χ0) is 28.8. The molecular weight excluding hydrogens is 547 g/mol. The van der Waals surface area contributed by atoms with E-state index in [0.717, 1.165) is 36.8 Å². The smallest absolute Gasteiger partial charge is 0.379 e. The summed E-state index contributed by atoms with van der Waals surface area (Å²) in [5.41, 5.74) is 1.60. The Morgan fingerprint density at radius 1 is 1.12 bits per heavy atom. The van der Waals surface area contributed by atoms with Crippen LogP contribution >= 0.6 is 0 Å². The second-order valence-electron chi connectivity index (χ2n) is 10.1. The van der Waals surface area contributed by atoms with Gasteiger partial charge in [-0.3, -0.25) is 9.69 Å². The summed E-state index contributed by atoms with van der Waals surface area (Å²) < 4.78 is 62.8. The van der Waals surface area contributed by atoms with Gasteiger partial charge in [0.05, 0.1) is 34.6 Å². The lowest BCUT2D eigenvalue weighted by atomic mass is 10.0. The third-order valence-electron chi connectivity index (χ3n) is 7.29. The van der Waals surface area contributed by atoms with Gasteiger partial charge in [-0.2, -0.15) is 13.2 Å². The molecule has 1 fully saturated rings. The molecule has 9 nitrogen and oxygen atoms in total. The first kappa shape index (κ1) is 28.0. The van der Waals surface area contributed by atoms with Crippen molar-refractivity contribution in [1.82, 2.24) is 14.9 Å². The summed E-state index contributed by atoms with van der Waals surface area (Å²) in [6.07, 6.45) is 0.215. The van der Waals surface area contributed by atoms with E-state index in [4.69, 9.17) is 0 Å². The molecule has 0 bridgehead atoms. The number of nitrogens with one attached hydrogen (secondary N) is 1. The van der Waals surface area contributed by atoms with Crippen LogP contribution in [0.4, 0.5) is 24.8 Å². The van der Waals surface area contributed by atoms with Gasteiger partial charge in [0.15, 0.2) is 9.84 Å². The topological polar surface area (TPSA) is 116 Å². The minimum Gasteiger partial charge on any atom is -0.379 e. The monoisotopic (exact) mass is 575 g/mol. The fourth-order valence-electron chi connectivity index (χ4n) is 5.31. The Hall–Kier alpha value is -3.55. The molecule has 2 aliphatic rings. The molecular formula is C27H28F3N5O4S. The molecule has 1 amide bonds. The minimum absolute atomic E-state index is 0.137. The van der Waals surface area contributed by atoms with Gasteiger partial charge in [-0.15, -0.1) is 0 Å².